The zero-order valence-corrected chi connectivity index (χ0v) is 9.95. The fourth-order valence-corrected chi connectivity index (χ4v) is 3.77. The lowest BCUT2D eigenvalue weighted by Gasteiger charge is -2.21. The van der Waals surface area contributed by atoms with Crippen molar-refractivity contribution in [3.63, 3.8) is 0 Å². The van der Waals surface area contributed by atoms with Gasteiger partial charge in [-0.15, -0.1) is 0 Å². The zero-order chi connectivity index (χ0) is 11.1. The molecule has 86 valence electrons. The van der Waals surface area contributed by atoms with Gasteiger partial charge in [-0.3, -0.25) is 0 Å². The number of fused-ring (bicyclic) bond motifs is 2. The highest BCUT2D eigenvalue weighted by atomic mass is 16.3. The van der Waals surface area contributed by atoms with Crippen molar-refractivity contribution < 1.29 is 5.11 Å². The minimum Gasteiger partial charge on any atom is -0.508 e. The first-order valence-electron chi connectivity index (χ1n) is 6.51. The number of phenolic OH excluding ortho intramolecular Hbond substituents is 1. The summed E-state index contributed by atoms with van der Waals surface area (Å²) in [5.74, 6) is 3.38. The highest BCUT2D eigenvalue weighted by Gasteiger charge is 2.39. The van der Waals surface area contributed by atoms with Crippen LogP contribution < -0.4 is 0 Å². The average molecular weight is 216 g/mol. The minimum absolute atomic E-state index is 0.427. The summed E-state index contributed by atoms with van der Waals surface area (Å²) in [6, 6.07) is 6.09. The van der Waals surface area contributed by atoms with Crippen LogP contribution in [-0.2, 0) is 6.42 Å². The Kier molecular flexibility index (Phi) is 2.42. The summed E-state index contributed by atoms with van der Waals surface area (Å²) in [5.41, 5.74) is 2.42. The normalized spacial score (nSPS) is 32.2. The van der Waals surface area contributed by atoms with Crippen molar-refractivity contribution in [1.82, 2.24) is 0 Å². The first kappa shape index (κ1) is 10.2. The Morgan fingerprint density at radius 2 is 2.12 bits per heavy atom. The lowest BCUT2D eigenvalue weighted by molar-refractivity contribution is 0.331. The third kappa shape index (κ3) is 1.73. The molecule has 2 aliphatic carbocycles. The van der Waals surface area contributed by atoms with Crippen LogP contribution in [0.25, 0.3) is 0 Å². The molecule has 2 saturated carbocycles. The molecule has 0 saturated heterocycles. The minimum atomic E-state index is 0.427. The van der Waals surface area contributed by atoms with Crippen molar-refractivity contribution in [3.8, 4) is 5.75 Å². The number of hydrogen-bond donors (Lipinski definition) is 1. The van der Waals surface area contributed by atoms with Gasteiger partial charge in [-0.1, -0.05) is 18.6 Å². The number of aryl methyl sites for hydroxylation is 1. The van der Waals surface area contributed by atoms with Crippen molar-refractivity contribution in [2.75, 3.05) is 0 Å². The van der Waals surface area contributed by atoms with Gasteiger partial charge in [-0.05, 0) is 67.6 Å². The van der Waals surface area contributed by atoms with Crippen LogP contribution in [0.3, 0.4) is 0 Å². The van der Waals surface area contributed by atoms with Crippen molar-refractivity contribution in [3.05, 3.63) is 29.3 Å². The molecule has 2 fully saturated rings. The number of phenols is 1. The molecule has 0 aliphatic heterocycles. The summed E-state index contributed by atoms with van der Waals surface area (Å²) in [6.07, 6.45) is 7.11. The fourth-order valence-electron chi connectivity index (χ4n) is 3.77. The Bertz CT molecular complexity index is 396. The van der Waals surface area contributed by atoms with Crippen molar-refractivity contribution in [1.29, 1.82) is 0 Å². The number of aromatic hydroxyl groups is 1. The molecule has 0 spiro atoms. The second-order valence-electron chi connectivity index (χ2n) is 5.76. The number of hydrogen-bond acceptors (Lipinski definition) is 1. The van der Waals surface area contributed by atoms with Crippen molar-refractivity contribution in [2.45, 2.75) is 39.0 Å². The van der Waals surface area contributed by atoms with E-state index in [1.165, 1.54) is 37.7 Å². The summed E-state index contributed by atoms with van der Waals surface area (Å²) in [4.78, 5) is 0. The molecule has 1 heteroatoms. The molecule has 3 rings (SSSR count). The highest BCUT2D eigenvalue weighted by Crippen LogP contribution is 2.49. The maximum atomic E-state index is 9.51. The molecule has 0 heterocycles. The van der Waals surface area contributed by atoms with E-state index < -0.39 is 0 Å². The summed E-state index contributed by atoms with van der Waals surface area (Å²) < 4.78 is 0. The molecule has 2 bridgehead atoms. The lowest BCUT2D eigenvalue weighted by atomic mass is 9.84. The Morgan fingerprint density at radius 3 is 2.75 bits per heavy atom. The van der Waals surface area contributed by atoms with Crippen LogP contribution in [0.4, 0.5) is 0 Å². The summed E-state index contributed by atoms with van der Waals surface area (Å²) in [6.45, 7) is 1.99. The third-order valence-electron chi connectivity index (χ3n) is 4.64. The summed E-state index contributed by atoms with van der Waals surface area (Å²) in [7, 11) is 0. The number of benzene rings is 1. The highest BCUT2D eigenvalue weighted by molar-refractivity contribution is 5.35. The molecule has 1 nitrogen and oxygen atoms in total. The Labute approximate surface area is 97.5 Å². The molecule has 0 amide bonds. The SMILES string of the molecule is Cc1cc(CC2CC3CCC2C3)ccc1O. The van der Waals surface area contributed by atoms with Crippen molar-refractivity contribution in [2.24, 2.45) is 17.8 Å². The van der Waals surface area contributed by atoms with Gasteiger partial charge in [0.25, 0.3) is 0 Å². The van der Waals surface area contributed by atoms with Crippen LogP contribution in [0.15, 0.2) is 18.2 Å². The molecular formula is C15H20O. The van der Waals surface area contributed by atoms with E-state index in [-0.39, 0.29) is 0 Å². The van der Waals surface area contributed by atoms with Gasteiger partial charge in [0, 0.05) is 0 Å². The molecule has 1 aromatic carbocycles. The molecule has 1 aromatic rings. The van der Waals surface area contributed by atoms with Gasteiger partial charge < -0.3 is 5.11 Å². The molecule has 3 atom stereocenters. The molecule has 3 unspecified atom stereocenters. The van der Waals surface area contributed by atoms with E-state index >= 15 is 0 Å². The Balaban J connectivity index is 1.72. The monoisotopic (exact) mass is 216 g/mol. The lowest BCUT2D eigenvalue weighted by Crippen LogP contribution is -2.13. The van der Waals surface area contributed by atoms with Crippen LogP contribution in [0.2, 0.25) is 0 Å². The van der Waals surface area contributed by atoms with Gasteiger partial charge in [0.05, 0.1) is 0 Å². The smallest absolute Gasteiger partial charge is 0.118 e. The summed E-state index contributed by atoms with van der Waals surface area (Å²) >= 11 is 0. The summed E-state index contributed by atoms with van der Waals surface area (Å²) in [5, 5.41) is 9.51. The molecule has 16 heavy (non-hydrogen) atoms. The molecule has 1 N–H and O–H groups in total. The Hall–Kier alpha value is -0.980. The number of rotatable bonds is 2. The molecule has 0 radical (unpaired) electrons. The predicted octanol–water partition coefficient (Wildman–Crippen LogP) is 3.68. The maximum Gasteiger partial charge on any atom is 0.118 e. The van der Waals surface area contributed by atoms with Gasteiger partial charge >= 0.3 is 0 Å². The second kappa shape index (κ2) is 3.80. The van der Waals surface area contributed by atoms with Crippen molar-refractivity contribution >= 4 is 0 Å². The first-order chi connectivity index (χ1) is 7.72. The van der Waals surface area contributed by atoms with Crippen LogP contribution in [0.1, 0.15) is 36.8 Å². The van der Waals surface area contributed by atoms with E-state index in [0.717, 1.165) is 23.3 Å². The molecule has 2 aliphatic rings. The molecule has 0 aromatic heterocycles. The quantitative estimate of drug-likeness (QED) is 0.799. The maximum absolute atomic E-state index is 9.51. The van der Waals surface area contributed by atoms with Gasteiger partial charge in [0.1, 0.15) is 5.75 Å². The van der Waals surface area contributed by atoms with E-state index in [1.807, 2.05) is 13.0 Å². The van der Waals surface area contributed by atoms with E-state index in [1.54, 1.807) is 0 Å². The Morgan fingerprint density at radius 1 is 1.25 bits per heavy atom. The van der Waals surface area contributed by atoms with Gasteiger partial charge in [-0.25, -0.2) is 0 Å². The average Bonchev–Trinajstić information content (AvgIpc) is 2.85. The van der Waals surface area contributed by atoms with Gasteiger partial charge in [0.15, 0.2) is 0 Å². The fraction of sp³-hybridized carbons (Fsp3) is 0.600. The van der Waals surface area contributed by atoms with Gasteiger partial charge in [0.2, 0.25) is 0 Å². The van der Waals surface area contributed by atoms with Gasteiger partial charge in [-0.2, -0.15) is 0 Å². The first-order valence-corrected chi connectivity index (χ1v) is 6.51. The van der Waals surface area contributed by atoms with E-state index in [0.29, 0.717) is 5.75 Å². The van der Waals surface area contributed by atoms with Crippen LogP contribution in [0, 0.1) is 24.7 Å². The predicted molar refractivity (Wildman–Crippen MR) is 65.5 cm³/mol. The standard InChI is InChI=1S/C15H20O/c1-10-6-11(3-5-15(10)16)8-14-9-12-2-4-13(14)7-12/h3,5-6,12-14,16H,2,4,7-9H2,1H3. The topological polar surface area (TPSA) is 20.2 Å². The van der Waals surface area contributed by atoms with E-state index in [4.69, 9.17) is 0 Å². The largest absolute Gasteiger partial charge is 0.508 e. The van der Waals surface area contributed by atoms with Crippen LogP contribution in [0.5, 0.6) is 5.75 Å². The zero-order valence-electron chi connectivity index (χ0n) is 9.95. The van der Waals surface area contributed by atoms with Crippen LogP contribution in [-0.4, -0.2) is 5.11 Å². The molecular weight excluding hydrogens is 196 g/mol. The van der Waals surface area contributed by atoms with Crippen LogP contribution >= 0.6 is 0 Å². The second-order valence-corrected chi connectivity index (χ2v) is 5.76. The van der Waals surface area contributed by atoms with E-state index in [2.05, 4.69) is 12.1 Å². The van der Waals surface area contributed by atoms with E-state index in [9.17, 15) is 5.11 Å². The third-order valence-corrected chi connectivity index (χ3v) is 4.64.